The normalized spacial score (nSPS) is 20.6. The Balaban J connectivity index is 0.00000600. The van der Waals surface area contributed by atoms with Crippen LogP contribution in [0.25, 0.3) is 21.7 Å². The fourth-order valence-electron chi connectivity index (χ4n) is 5.75. The van der Waals surface area contributed by atoms with Crippen LogP contribution in [0, 0.1) is 49.4 Å². The Labute approximate surface area is 318 Å². The minimum atomic E-state index is -3.40. The SMILES string of the molecule is CP(=O)(O)CN1CCN(CC(=O)NCc2ccc3ncc4ccccc4c3c2)CCN(CP(C)(=O)O)CCN(CP(C)(=O)O)CC1.[Eu]. The molecule has 3 atom stereocenters. The zero-order valence-corrected chi connectivity index (χ0v) is 32.3. The molecule has 3 aromatic rings. The number of nitrogens with zero attached hydrogens (tertiary/aromatic N) is 5. The summed E-state index contributed by atoms with van der Waals surface area (Å²) in [7, 11) is -10.2. The van der Waals surface area contributed by atoms with Crippen molar-refractivity contribution in [3.8, 4) is 0 Å². The number of amides is 1. The van der Waals surface area contributed by atoms with Gasteiger partial charge in [-0.3, -0.25) is 43.1 Å². The summed E-state index contributed by atoms with van der Waals surface area (Å²) in [5.41, 5.74) is 1.82. The van der Waals surface area contributed by atoms with Gasteiger partial charge in [-0.1, -0.05) is 30.3 Å². The minimum absolute atomic E-state index is 0. The predicted molar refractivity (Wildman–Crippen MR) is 184 cm³/mol. The molecular weight excluding hydrogens is 801 g/mol. The second-order valence-electron chi connectivity index (χ2n) is 12.7. The van der Waals surface area contributed by atoms with Crippen molar-refractivity contribution in [2.45, 2.75) is 6.54 Å². The number of aromatic nitrogens is 1. The molecule has 1 amide bonds. The van der Waals surface area contributed by atoms with Crippen LogP contribution < -0.4 is 5.32 Å². The van der Waals surface area contributed by atoms with E-state index >= 15 is 0 Å². The first-order valence-corrected chi connectivity index (χ1v) is 22.2. The van der Waals surface area contributed by atoms with E-state index in [2.05, 4.69) is 16.4 Å². The molecule has 1 aliphatic heterocycles. The number of pyridine rings is 1. The number of benzene rings is 2. The number of nitrogens with one attached hydrogen (secondary N) is 1. The van der Waals surface area contributed by atoms with Crippen molar-refractivity contribution in [2.24, 2.45) is 0 Å². The topological polar surface area (TPSA) is 167 Å². The van der Waals surface area contributed by atoms with Gasteiger partial charge in [0.25, 0.3) is 0 Å². The Hall–Kier alpha value is -0.426. The zero-order chi connectivity index (χ0) is 33.5. The van der Waals surface area contributed by atoms with Gasteiger partial charge >= 0.3 is 0 Å². The van der Waals surface area contributed by atoms with Crippen LogP contribution in [0.3, 0.4) is 0 Å². The molecule has 17 heteroatoms. The summed E-state index contributed by atoms with van der Waals surface area (Å²) in [5, 5.41) is 6.17. The van der Waals surface area contributed by atoms with Crippen LogP contribution in [-0.4, -0.2) is 143 Å². The molecule has 0 saturated carbocycles. The van der Waals surface area contributed by atoms with Gasteiger partial charge in [-0.25, -0.2) is 0 Å². The van der Waals surface area contributed by atoms with Crippen molar-refractivity contribution in [2.75, 3.05) is 97.8 Å². The van der Waals surface area contributed by atoms with Crippen LogP contribution in [0.4, 0.5) is 0 Å². The smallest absolute Gasteiger partial charge is 0.234 e. The van der Waals surface area contributed by atoms with Crippen LogP contribution in [0.1, 0.15) is 5.56 Å². The Kier molecular flexibility index (Phi) is 15.9. The van der Waals surface area contributed by atoms with E-state index in [1.807, 2.05) is 62.2 Å². The van der Waals surface area contributed by atoms with E-state index in [0.29, 0.717) is 58.9 Å². The van der Waals surface area contributed by atoms with Crippen molar-refractivity contribution in [1.82, 2.24) is 29.9 Å². The molecule has 2 aromatic carbocycles. The predicted octanol–water partition coefficient (Wildman–Crippen LogP) is 2.80. The monoisotopic (exact) mass is 849 g/mol. The van der Waals surface area contributed by atoms with Crippen LogP contribution >= 0.6 is 22.1 Å². The molecule has 1 fully saturated rings. The van der Waals surface area contributed by atoms with Crippen LogP contribution in [0.5, 0.6) is 0 Å². The molecule has 1 aromatic heterocycles. The van der Waals surface area contributed by atoms with Crippen molar-refractivity contribution >= 4 is 49.7 Å². The van der Waals surface area contributed by atoms with E-state index < -0.39 is 22.1 Å². The molecular formula is C30H47EuN6O7P3. The minimum Gasteiger partial charge on any atom is -0.351 e. The summed E-state index contributed by atoms with van der Waals surface area (Å²) in [6.45, 7) is 7.50. The largest absolute Gasteiger partial charge is 0.351 e. The molecule has 0 bridgehead atoms. The first-order chi connectivity index (χ1) is 21.5. The third kappa shape index (κ3) is 14.8. The summed E-state index contributed by atoms with van der Waals surface area (Å²) in [6.07, 6.45) is 1.74. The molecule has 1 radical (unpaired) electrons. The van der Waals surface area contributed by atoms with E-state index in [-0.39, 0.29) is 80.7 Å². The maximum absolute atomic E-state index is 13.2. The maximum Gasteiger partial charge on any atom is 0.234 e. The fourth-order valence-corrected chi connectivity index (χ4v) is 8.82. The van der Waals surface area contributed by atoms with Gasteiger partial charge in [-0.15, -0.1) is 0 Å². The first-order valence-electron chi connectivity index (χ1n) is 15.3. The van der Waals surface area contributed by atoms with E-state index in [4.69, 9.17) is 0 Å². The molecule has 13 nitrogen and oxygen atoms in total. The van der Waals surface area contributed by atoms with Crippen molar-refractivity contribution in [3.63, 3.8) is 0 Å². The number of carbonyl (C=O) groups excluding carboxylic acids is 1. The molecule has 2 heterocycles. The van der Waals surface area contributed by atoms with Gasteiger partial charge in [0, 0.05) is 145 Å². The molecule has 0 spiro atoms. The van der Waals surface area contributed by atoms with Crippen LogP contribution in [0.2, 0.25) is 0 Å². The van der Waals surface area contributed by atoms with E-state index in [9.17, 15) is 33.2 Å². The van der Waals surface area contributed by atoms with Gasteiger partial charge in [0.05, 0.1) is 30.9 Å². The average molecular weight is 849 g/mol. The van der Waals surface area contributed by atoms with E-state index in [1.165, 1.54) is 20.0 Å². The standard InChI is InChI=1S/C30H47N6O7P3.Eu/c1-44(38,39)22-34-12-10-33(11-13-35(23-45(2,40)41)15-17-36(16-14-34)24-46(3,42)43)21-30(37)32-19-25-8-9-29-28(18-25)27-7-5-4-6-26(27)20-31-29;/h4-9,18,20H,10-17,19,21-24H2,1-3H3,(H,32,37)(H,38,39)(H,40,41)(H,42,43);. The molecule has 261 valence electrons. The quantitative estimate of drug-likeness (QED) is 0.175. The Morgan fingerprint density at radius 3 is 1.68 bits per heavy atom. The van der Waals surface area contributed by atoms with Gasteiger partial charge in [-0.05, 0) is 23.1 Å². The number of hydrogen-bond acceptors (Lipinski definition) is 9. The number of hydrogen-bond donors (Lipinski definition) is 4. The second-order valence-corrected chi connectivity index (χ2v) is 19.8. The molecule has 3 unspecified atom stereocenters. The third-order valence-corrected chi connectivity index (χ3v) is 10.6. The van der Waals surface area contributed by atoms with Gasteiger partial charge < -0.3 is 20.0 Å². The van der Waals surface area contributed by atoms with E-state index in [0.717, 1.165) is 27.2 Å². The Morgan fingerprint density at radius 1 is 0.723 bits per heavy atom. The summed E-state index contributed by atoms with van der Waals surface area (Å²) >= 11 is 0. The second kappa shape index (κ2) is 18.2. The molecule has 47 heavy (non-hydrogen) atoms. The zero-order valence-electron chi connectivity index (χ0n) is 27.2. The van der Waals surface area contributed by atoms with Gasteiger partial charge in [0.15, 0.2) is 0 Å². The molecule has 1 saturated heterocycles. The third-order valence-electron chi connectivity index (χ3n) is 7.83. The van der Waals surface area contributed by atoms with Crippen molar-refractivity contribution in [1.29, 1.82) is 0 Å². The fraction of sp³-hybridized carbons (Fsp3) is 0.533. The number of carbonyl (C=O) groups is 1. The average Bonchev–Trinajstić information content (AvgIpc) is 2.95. The maximum atomic E-state index is 13.2. The Morgan fingerprint density at radius 2 is 1.19 bits per heavy atom. The number of rotatable bonds is 10. The van der Waals surface area contributed by atoms with Gasteiger partial charge in [0.2, 0.25) is 28.0 Å². The summed E-state index contributed by atoms with van der Waals surface area (Å²) < 4.78 is 37.0. The van der Waals surface area contributed by atoms with E-state index in [1.54, 1.807) is 0 Å². The Bertz CT molecular complexity index is 1610. The molecule has 4 N–H and O–H groups in total. The van der Waals surface area contributed by atoms with Crippen molar-refractivity contribution < 1.29 is 82.5 Å². The molecule has 1 aliphatic rings. The first kappa shape index (κ1) is 41.0. The summed E-state index contributed by atoms with van der Waals surface area (Å²) in [6, 6.07) is 14.0. The van der Waals surface area contributed by atoms with Crippen LogP contribution in [0.15, 0.2) is 48.7 Å². The summed E-state index contributed by atoms with van der Waals surface area (Å²) in [5.74, 6) is -0.180. The van der Waals surface area contributed by atoms with Gasteiger partial charge in [-0.2, -0.15) is 0 Å². The number of fused-ring (bicyclic) bond motifs is 3. The van der Waals surface area contributed by atoms with Gasteiger partial charge in [0.1, 0.15) is 0 Å². The molecule has 0 aliphatic carbocycles. The van der Waals surface area contributed by atoms with Crippen molar-refractivity contribution in [3.05, 3.63) is 54.2 Å². The molecule has 4 rings (SSSR count). The summed E-state index contributed by atoms with van der Waals surface area (Å²) in [4.78, 5) is 55.6. The van der Waals surface area contributed by atoms with Crippen LogP contribution in [-0.2, 0) is 25.0 Å².